The van der Waals surface area contributed by atoms with Gasteiger partial charge in [-0.25, -0.2) is 17.6 Å². The quantitative estimate of drug-likeness (QED) is 0.141. The number of para-hydroxylation sites is 1. The lowest BCUT2D eigenvalue weighted by Gasteiger charge is -2.21. The fraction of sp³-hybridized carbons (Fsp3) is 0.222. The molecule has 1 aromatic heterocycles. The summed E-state index contributed by atoms with van der Waals surface area (Å²) in [5.74, 6) is -3.91. The third-order valence-corrected chi connectivity index (χ3v) is 5.98. The highest BCUT2D eigenvalue weighted by atomic mass is 19.1. The summed E-state index contributed by atoms with van der Waals surface area (Å²) in [6.45, 7) is 9.69. The van der Waals surface area contributed by atoms with Gasteiger partial charge in [-0.15, -0.1) is 5.10 Å². The second-order valence-electron chi connectivity index (χ2n) is 9.55. The molecule has 0 saturated carbocycles. The van der Waals surface area contributed by atoms with Gasteiger partial charge in [0, 0.05) is 0 Å². The van der Waals surface area contributed by atoms with Crippen molar-refractivity contribution in [3.8, 4) is 16.9 Å². The zero-order valence-electron chi connectivity index (χ0n) is 20.4. The van der Waals surface area contributed by atoms with Crippen LogP contribution in [-0.2, 0) is 5.41 Å². The molecule has 0 fully saturated rings. The molecule has 0 bridgehead atoms. The van der Waals surface area contributed by atoms with Crippen molar-refractivity contribution in [2.45, 2.75) is 40.0 Å². The highest BCUT2D eigenvalue weighted by Gasteiger charge is 2.35. The number of hydrogen-bond acceptors (Lipinski definition) is 2. The Balaban J connectivity index is 2.11. The molecule has 4 aromatic rings. The van der Waals surface area contributed by atoms with E-state index in [0.717, 1.165) is 34.5 Å². The maximum absolute atomic E-state index is 14.8. The Labute approximate surface area is 205 Å². The van der Waals surface area contributed by atoms with Crippen LogP contribution in [0.5, 0.6) is 0 Å². The average molecular weight is 494 g/mol. The van der Waals surface area contributed by atoms with E-state index in [1.807, 2.05) is 32.9 Å². The zero-order valence-corrected chi connectivity index (χ0v) is 20.4. The van der Waals surface area contributed by atoms with E-state index in [4.69, 9.17) is 0 Å². The third kappa shape index (κ3) is 4.22. The summed E-state index contributed by atoms with van der Waals surface area (Å²) in [4.78, 5) is 3.43. The summed E-state index contributed by atoms with van der Waals surface area (Å²) in [6, 6.07) is 10.2. The summed E-state index contributed by atoms with van der Waals surface area (Å²) >= 11 is 0. The van der Waals surface area contributed by atoms with Gasteiger partial charge in [-0.2, -0.15) is 9.47 Å². The Morgan fingerprint density at radius 2 is 1.36 bits per heavy atom. The van der Waals surface area contributed by atoms with Crippen LogP contribution in [-0.4, -0.2) is 25.5 Å². The van der Waals surface area contributed by atoms with E-state index in [1.165, 1.54) is 12.1 Å². The molecule has 0 aliphatic carbocycles. The summed E-state index contributed by atoms with van der Waals surface area (Å²) in [7, 11) is 0. The summed E-state index contributed by atoms with van der Waals surface area (Å²) in [5, 5.41) is 7.72. The normalized spacial score (nSPS) is 11.5. The molecule has 0 atom stereocenters. The Kier molecular flexibility index (Phi) is 6.37. The number of rotatable bonds is 4. The molecule has 0 unspecified atom stereocenters. The Morgan fingerprint density at radius 1 is 0.861 bits per heavy atom. The summed E-state index contributed by atoms with van der Waals surface area (Å²) in [6.07, 6.45) is 0. The minimum absolute atomic E-state index is 0.189. The van der Waals surface area contributed by atoms with E-state index in [9.17, 15) is 23.1 Å². The Hall–Kier alpha value is -4.10. The molecule has 4 rings (SSSR count). The Bertz CT molecular complexity index is 1410. The molecule has 0 amide bonds. The molecule has 3 aromatic carbocycles. The van der Waals surface area contributed by atoms with Gasteiger partial charge in [0.05, 0.1) is 11.1 Å². The number of aromatic nitrogens is 3. The van der Waals surface area contributed by atoms with E-state index in [0.29, 0.717) is 16.7 Å². The lowest BCUT2D eigenvalue weighted by Crippen LogP contribution is -2.19. The van der Waals surface area contributed by atoms with Crippen LogP contribution in [0.4, 0.5) is 17.6 Å². The number of halogens is 4. The smallest absolute Gasteiger partial charge is 0.350 e. The maximum Gasteiger partial charge on any atom is 0.350 e. The minimum atomic E-state index is -0.990. The van der Waals surface area contributed by atoms with Crippen LogP contribution in [0.2, 0.25) is 0 Å². The van der Waals surface area contributed by atoms with Gasteiger partial charge in [-0.1, -0.05) is 50.3 Å². The minimum Gasteiger partial charge on any atom is -0.361 e. The zero-order chi connectivity index (χ0) is 26.4. The van der Waals surface area contributed by atoms with E-state index in [1.54, 1.807) is 13.8 Å². The number of hydrogen-bond donors (Lipinski definition) is 0. The van der Waals surface area contributed by atoms with Gasteiger partial charge in [0.15, 0.2) is 17.3 Å². The topological polar surface area (TPSA) is 67.1 Å². The average Bonchev–Trinajstić information content (AvgIpc) is 3.19. The van der Waals surface area contributed by atoms with Gasteiger partial charge in [0.2, 0.25) is 0 Å². The van der Waals surface area contributed by atoms with Crippen LogP contribution >= 0.6 is 0 Å². The fourth-order valence-corrected chi connectivity index (χ4v) is 4.22. The molecule has 0 aliphatic heterocycles. The highest BCUT2D eigenvalue weighted by molar-refractivity contribution is 6.13. The lowest BCUT2D eigenvalue weighted by atomic mass is 9.82. The van der Waals surface area contributed by atoms with Gasteiger partial charge >= 0.3 is 5.71 Å². The monoisotopic (exact) mass is 493 g/mol. The summed E-state index contributed by atoms with van der Waals surface area (Å²) < 4.78 is 60.1. The van der Waals surface area contributed by atoms with Crippen LogP contribution in [0.1, 0.15) is 48.7 Å². The number of aryl methyl sites for hydroxylation is 2. The first-order valence-electron chi connectivity index (χ1n) is 11.1. The molecular weight excluding hydrogens is 470 g/mol. The van der Waals surface area contributed by atoms with E-state index >= 15 is 0 Å². The lowest BCUT2D eigenvalue weighted by molar-refractivity contribution is -0.00334. The van der Waals surface area contributed by atoms with Crippen LogP contribution in [0.25, 0.3) is 22.5 Å². The van der Waals surface area contributed by atoms with Gasteiger partial charge in [-0.3, -0.25) is 0 Å². The SMILES string of the molecule is Cc1cc(C(C)(C)C)cc(C)c1C(=[N+]=[N-])c1c(-c2c(F)cccc2F)nnn1-c1c(F)cccc1F. The summed E-state index contributed by atoms with van der Waals surface area (Å²) in [5.41, 5.74) is 10.7. The second-order valence-corrected chi connectivity index (χ2v) is 9.55. The largest absolute Gasteiger partial charge is 0.361 e. The van der Waals surface area contributed by atoms with Crippen molar-refractivity contribution in [1.29, 1.82) is 0 Å². The first-order chi connectivity index (χ1) is 17.0. The molecule has 184 valence electrons. The van der Waals surface area contributed by atoms with Crippen molar-refractivity contribution < 1.29 is 22.4 Å². The molecule has 1 heterocycles. The molecule has 5 nitrogen and oxygen atoms in total. The van der Waals surface area contributed by atoms with Crippen LogP contribution in [0.15, 0.2) is 48.5 Å². The van der Waals surface area contributed by atoms with Gasteiger partial charge < -0.3 is 5.53 Å². The third-order valence-electron chi connectivity index (χ3n) is 5.98. The van der Waals surface area contributed by atoms with Crippen molar-refractivity contribution in [2.24, 2.45) is 0 Å². The van der Waals surface area contributed by atoms with Crippen LogP contribution in [0.3, 0.4) is 0 Å². The van der Waals surface area contributed by atoms with Crippen molar-refractivity contribution in [2.75, 3.05) is 0 Å². The Morgan fingerprint density at radius 3 is 1.83 bits per heavy atom. The van der Waals surface area contributed by atoms with Crippen molar-refractivity contribution in [1.82, 2.24) is 15.0 Å². The van der Waals surface area contributed by atoms with Gasteiger partial charge in [0.25, 0.3) is 0 Å². The maximum atomic E-state index is 14.8. The first-order valence-corrected chi connectivity index (χ1v) is 11.1. The molecule has 9 heteroatoms. The van der Waals surface area contributed by atoms with E-state index < -0.39 is 34.5 Å². The fourth-order valence-electron chi connectivity index (χ4n) is 4.22. The predicted octanol–water partition coefficient (Wildman–Crippen LogP) is 6.47. The number of nitrogens with zero attached hydrogens (tertiary/aromatic N) is 5. The van der Waals surface area contributed by atoms with Crippen molar-refractivity contribution in [3.05, 3.63) is 105 Å². The first kappa shape index (κ1) is 25.0. The molecule has 0 N–H and O–H groups in total. The van der Waals surface area contributed by atoms with Gasteiger partial charge in [0.1, 0.15) is 23.0 Å². The molecule has 0 aliphatic rings. The molecule has 36 heavy (non-hydrogen) atoms. The van der Waals surface area contributed by atoms with E-state index in [-0.39, 0.29) is 22.5 Å². The molecule has 0 radical (unpaired) electrons. The molecular formula is C27H23F4N5. The standard InChI is InChI=1S/C27H23F4N5/c1-14-12-16(27(3,4)5)13-15(2)21(14)23(33-32)26-24(22-17(28)8-6-9-18(22)29)34-35-36(26)25-19(30)10-7-11-20(25)31/h6-13H,1-5H3. The molecule has 0 saturated heterocycles. The van der Waals surface area contributed by atoms with Crippen molar-refractivity contribution >= 4 is 5.71 Å². The number of benzene rings is 3. The van der Waals surface area contributed by atoms with Crippen molar-refractivity contribution in [3.63, 3.8) is 0 Å². The van der Waals surface area contributed by atoms with Crippen LogP contribution in [0, 0.1) is 37.1 Å². The van der Waals surface area contributed by atoms with Crippen LogP contribution < -0.4 is 0 Å². The van der Waals surface area contributed by atoms with Gasteiger partial charge in [-0.05, 0) is 60.2 Å². The van der Waals surface area contributed by atoms with E-state index in [2.05, 4.69) is 15.1 Å². The highest BCUT2D eigenvalue weighted by Crippen LogP contribution is 2.33. The second kappa shape index (κ2) is 9.17. The molecule has 0 spiro atoms. The predicted molar refractivity (Wildman–Crippen MR) is 128 cm³/mol.